The van der Waals surface area contributed by atoms with Crippen LogP contribution >= 0.6 is 0 Å². The van der Waals surface area contributed by atoms with Crippen molar-refractivity contribution in [2.45, 2.75) is 11.8 Å². The Kier molecular flexibility index (Phi) is 4.15. The smallest absolute Gasteiger partial charge is 0.130 e. The third kappa shape index (κ3) is 2.28. The van der Waals surface area contributed by atoms with E-state index in [9.17, 15) is 19.0 Å². The second-order valence-corrected chi connectivity index (χ2v) is 3.71. The van der Waals surface area contributed by atoms with Crippen molar-refractivity contribution in [3.05, 3.63) is 48.1 Å². The topological polar surface area (TPSA) is 40.5 Å². The van der Waals surface area contributed by atoms with Crippen molar-refractivity contribution in [2.75, 3.05) is 13.2 Å². The van der Waals surface area contributed by atoms with Gasteiger partial charge in [-0.15, -0.1) is 6.58 Å². The van der Waals surface area contributed by atoms with Gasteiger partial charge in [0.05, 0.1) is 13.2 Å². The lowest BCUT2D eigenvalue weighted by molar-refractivity contribution is 0.115. The predicted octanol–water partition coefficient (Wildman–Crippen LogP) is 1.76. The first-order chi connectivity index (χ1) is 7.59. The maximum absolute atomic E-state index is 13.5. The molecular formula is C12H14F2O2. The molecule has 1 rings (SSSR count). The normalized spacial score (nSPS) is 11.5. The van der Waals surface area contributed by atoms with E-state index in [1.807, 2.05) is 0 Å². The molecule has 0 heterocycles. The molecule has 0 fully saturated rings. The number of benzene rings is 1. The lowest BCUT2D eigenvalue weighted by Crippen LogP contribution is -2.35. The summed E-state index contributed by atoms with van der Waals surface area (Å²) in [4.78, 5) is 0. The van der Waals surface area contributed by atoms with E-state index in [0.717, 1.165) is 12.1 Å². The van der Waals surface area contributed by atoms with Gasteiger partial charge >= 0.3 is 0 Å². The molecule has 0 aliphatic carbocycles. The van der Waals surface area contributed by atoms with Crippen LogP contribution < -0.4 is 0 Å². The van der Waals surface area contributed by atoms with Gasteiger partial charge < -0.3 is 10.2 Å². The van der Waals surface area contributed by atoms with Crippen molar-refractivity contribution in [2.24, 2.45) is 0 Å². The standard InChI is InChI=1S/C12H14F2O2/c1-2-5-12(7-15,8-16)10-4-3-9(13)6-11(10)14/h2-4,6,15-16H,1,5,7-8H2. The predicted molar refractivity (Wildman–Crippen MR) is 57.0 cm³/mol. The van der Waals surface area contributed by atoms with E-state index in [4.69, 9.17) is 0 Å². The summed E-state index contributed by atoms with van der Waals surface area (Å²) in [5, 5.41) is 18.6. The molecule has 0 aliphatic heterocycles. The summed E-state index contributed by atoms with van der Waals surface area (Å²) in [6, 6.07) is 3.07. The van der Waals surface area contributed by atoms with Crippen LogP contribution in [-0.2, 0) is 5.41 Å². The Morgan fingerprint density at radius 1 is 1.25 bits per heavy atom. The molecule has 1 aromatic carbocycles. The van der Waals surface area contributed by atoms with Gasteiger partial charge in [-0.2, -0.15) is 0 Å². The fraction of sp³-hybridized carbons (Fsp3) is 0.333. The number of rotatable bonds is 5. The van der Waals surface area contributed by atoms with E-state index in [1.165, 1.54) is 12.1 Å². The van der Waals surface area contributed by atoms with E-state index in [0.29, 0.717) is 0 Å². The van der Waals surface area contributed by atoms with Crippen molar-refractivity contribution in [3.8, 4) is 0 Å². The number of hydrogen-bond donors (Lipinski definition) is 2. The second-order valence-electron chi connectivity index (χ2n) is 3.71. The molecule has 0 bridgehead atoms. The largest absolute Gasteiger partial charge is 0.395 e. The zero-order valence-corrected chi connectivity index (χ0v) is 8.79. The van der Waals surface area contributed by atoms with Crippen LogP contribution in [0, 0.1) is 11.6 Å². The maximum Gasteiger partial charge on any atom is 0.130 e. The summed E-state index contributed by atoms with van der Waals surface area (Å²) in [7, 11) is 0. The Labute approximate surface area is 92.9 Å². The molecule has 16 heavy (non-hydrogen) atoms. The molecule has 0 saturated carbocycles. The van der Waals surface area contributed by atoms with Crippen LogP contribution in [0.15, 0.2) is 30.9 Å². The quantitative estimate of drug-likeness (QED) is 0.754. The summed E-state index contributed by atoms with van der Waals surface area (Å²) >= 11 is 0. The van der Waals surface area contributed by atoms with Gasteiger partial charge in [-0.25, -0.2) is 8.78 Å². The molecule has 0 aromatic heterocycles. The molecule has 2 N–H and O–H groups in total. The van der Waals surface area contributed by atoms with Crippen LogP contribution in [0.4, 0.5) is 8.78 Å². The Bertz CT molecular complexity index is 373. The van der Waals surface area contributed by atoms with Gasteiger partial charge in [0.2, 0.25) is 0 Å². The maximum atomic E-state index is 13.5. The summed E-state index contributed by atoms with van der Waals surface area (Å²) in [6.45, 7) is 2.63. The molecule has 0 aliphatic rings. The monoisotopic (exact) mass is 228 g/mol. The highest BCUT2D eigenvalue weighted by atomic mass is 19.1. The number of allylic oxidation sites excluding steroid dienone is 1. The second kappa shape index (κ2) is 5.18. The number of halogens is 2. The van der Waals surface area contributed by atoms with Crippen LogP contribution in [-0.4, -0.2) is 23.4 Å². The molecule has 1 aromatic rings. The molecule has 0 amide bonds. The van der Waals surface area contributed by atoms with Crippen molar-refractivity contribution in [1.82, 2.24) is 0 Å². The average Bonchev–Trinajstić information content (AvgIpc) is 2.27. The Hall–Kier alpha value is -1.26. The fourth-order valence-electron chi connectivity index (χ4n) is 1.66. The first-order valence-corrected chi connectivity index (χ1v) is 4.88. The van der Waals surface area contributed by atoms with Gasteiger partial charge in [-0.1, -0.05) is 12.1 Å². The van der Waals surface area contributed by atoms with Gasteiger partial charge in [-0.05, 0) is 18.1 Å². The minimum Gasteiger partial charge on any atom is -0.395 e. The van der Waals surface area contributed by atoms with Gasteiger partial charge in [0.25, 0.3) is 0 Å². The minimum absolute atomic E-state index is 0.0961. The van der Waals surface area contributed by atoms with E-state index in [1.54, 1.807) is 0 Å². The summed E-state index contributed by atoms with van der Waals surface area (Å²) in [6.07, 6.45) is 1.69. The lowest BCUT2D eigenvalue weighted by atomic mass is 9.78. The first kappa shape index (κ1) is 12.8. The SMILES string of the molecule is C=CCC(CO)(CO)c1ccc(F)cc1F. The Morgan fingerprint density at radius 2 is 1.88 bits per heavy atom. The highest BCUT2D eigenvalue weighted by molar-refractivity contribution is 5.29. The van der Waals surface area contributed by atoms with Crippen LogP contribution in [0.25, 0.3) is 0 Å². The molecule has 4 heteroatoms. The lowest BCUT2D eigenvalue weighted by Gasteiger charge is -2.29. The van der Waals surface area contributed by atoms with Crippen molar-refractivity contribution in [1.29, 1.82) is 0 Å². The summed E-state index contributed by atoms with van der Waals surface area (Å²) in [5.41, 5.74) is -1.04. The first-order valence-electron chi connectivity index (χ1n) is 4.88. The Balaban J connectivity index is 3.24. The van der Waals surface area contributed by atoms with Crippen molar-refractivity contribution < 1.29 is 19.0 Å². The van der Waals surface area contributed by atoms with Gasteiger partial charge in [0, 0.05) is 11.5 Å². The molecule has 0 unspecified atom stereocenters. The molecule has 0 atom stereocenters. The van der Waals surface area contributed by atoms with Crippen LogP contribution in [0.5, 0.6) is 0 Å². The Morgan fingerprint density at radius 3 is 2.31 bits per heavy atom. The zero-order valence-electron chi connectivity index (χ0n) is 8.79. The van der Waals surface area contributed by atoms with E-state index in [2.05, 4.69) is 6.58 Å². The van der Waals surface area contributed by atoms with Crippen molar-refractivity contribution in [3.63, 3.8) is 0 Å². The highest BCUT2D eigenvalue weighted by Gasteiger charge is 2.32. The minimum atomic E-state index is -1.14. The molecule has 0 saturated heterocycles. The third-order valence-electron chi connectivity index (χ3n) is 2.64. The summed E-state index contributed by atoms with van der Waals surface area (Å²) in [5.74, 6) is -1.46. The van der Waals surface area contributed by atoms with Crippen LogP contribution in [0.3, 0.4) is 0 Å². The van der Waals surface area contributed by atoms with Crippen LogP contribution in [0.1, 0.15) is 12.0 Å². The number of hydrogen-bond acceptors (Lipinski definition) is 2. The molecule has 2 nitrogen and oxygen atoms in total. The van der Waals surface area contributed by atoms with Gasteiger partial charge in [-0.3, -0.25) is 0 Å². The van der Waals surface area contributed by atoms with Crippen LogP contribution in [0.2, 0.25) is 0 Å². The average molecular weight is 228 g/mol. The molecule has 88 valence electrons. The number of aliphatic hydroxyl groups is 2. The van der Waals surface area contributed by atoms with Crippen molar-refractivity contribution >= 4 is 0 Å². The molecule has 0 radical (unpaired) electrons. The summed E-state index contributed by atoms with van der Waals surface area (Å²) < 4.78 is 26.3. The molecule has 0 spiro atoms. The van der Waals surface area contributed by atoms with Gasteiger partial charge in [0.1, 0.15) is 11.6 Å². The van der Waals surface area contributed by atoms with E-state index in [-0.39, 0.29) is 12.0 Å². The zero-order chi connectivity index (χ0) is 12.2. The number of aliphatic hydroxyl groups excluding tert-OH is 2. The fourth-order valence-corrected chi connectivity index (χ4v) is 1.66. The highest BCUT2D eigenvalue weighted by Crippen LogP contribution is 2.30. The molecular weight excluding hydrogens is 214 g/mol. The van der Waals surface area contributed by atoms with E-state index >= 15 is 0 Å². The third-order valence-corrected chi connectivity index (χ3v) is 2.64. The van der Waals surface area contributed by atoms with E-state index < -0.39 is 30.3 Å². The van der Waals surface area contributed by atoms with Gasteiger partial charge in [0.15, 0.2) is 0 Å².